The summed E-state index contributed by atoms with van der Waals surface area (Å²) in [5.74, 6) is 0.782. The Labute approximate surface area is 74.6 Å². The second kappa shape index (κ2) is 9.56. The molecule has 0 heterocycles. The third-order valence-electron chi connectivity index (χ3n) is 1.26. The van der Waals surface area contributed by atoms with Gasteiger partial charge in [0.2, 0.25) is 0 Å². The van der Waals surface area contributed by atoms with Crippen molar-refractivity contribution in [1.82, 2.24) is 0 Å². The smallest absolute Gasteiger partial charge is 0.0127 e. The minimum Gasteiger partial charge on any atom is -0.330 e. The Bertz CT molecular complexity index is 63.7. The van der Waals surface area contributed by atoms with Crippen LogP contribution in [0.4, 0.5) is 0 Å². The number of nitrogens with two attached hydrogens (primary N) is 2. The van der Waals surface area contributed by atoms with E-state index in [0.29, 0.717) is 0 Å². The van der Waals surface area contributed by atoms with Gasteiger partial charge in [0.05, 0.1) is 0 Å². The van der Waals surface area contributed by atoms with Crippen LogP contribution in [-0.2, 0) is 0 Å². The van der Waals surface area contributed by atoms with E-state index in [1.54, 1.807) is 0 Å². The quantitative estimate of drug-likeness (QED) is 0.437. The average molecular weight is 185 g/mol. The molecule has 4 N–H and O–H groups in total. The van der Waals surface area contributed by atoms with E-state index in [9.17, 15) is 0 Å². The zero-order valence-electron chi connectivity index (χ0n) is 6.12. The van der Waals surface area contributed by atoms with Crippen molar-refractivity contribution in [1.29, 1.82) is 0 Å². The molecule has 0 aliphatic rings. The number of rotatable bonds is 5. The molecule has 0 unspecified atom stereocenters. The molecule has 1 atom stereocenters. The first-order chi connectivity index (χ1) is 4.31. The molecule has 0 aromatic carbocycles. The Morgan fingerprint density at radius 1 is 1.30 bits per heavy atom. The summed E-state index contributed by atoms with van der Waals surface area (Å²) in [5, 5.41) is 0. The Morgan fingerprint density at radius 3 is 2.30 bits per heavy atom. The van der Waals surface area contributed by atoms with Crippen molar-refractivity contribution in [3.63, 3.8) is 0 Å². The maximum atomic E-state index is 5.60. The van der Waals surface area contributed by atoms with Crippen LogP contribution in [0.15, 0.2) is 0 Å². The fourth-order valence-corrected chi connectivity index (χ4v) is 0.825. The van der Waals surface area contributed by atoms with Crippen molar-refractivity contribution in [3.8, 4) is 0 Å². The largest absolute Gasteiger partial charge is 0.330 e. The predicted molar refractivity (Wildman–Crippen MR) is 52.0 cm³/mol. The first kappa shape index (κ1) is 13.2. The van der Waals surface area contributed by atoms with Gasteiger partial charge in [0.15, 0.2) is 0 Å². The standard InChI is InChI=1S/C6H16N2S.ClH/c7-4-2-1-3-6(8)5-9;/h6,9H,1-5,7-8H2;1H/t6-;/m0./s1. The van der Waals surface area contributed by atoms with Gasteiger partial charge in [0.25, 0.3) is 0 Å². The Balaban J connectivity index is 0. The summed E-state index contributed by atoms with van der Waals surface area (Å²) < 4.78 is 0. The van der Waals surface area contributed by atoms with Crippen molar-refractivity contribution < 1.29 is 0 Å². The minimum absolute atomic E-state index is 0. The molecule has 10 heavy (non-hydrogen) atoms. The highest BCUT2D eigenvalue weighted by atomic mass is 35.5. The first-order valence-corrected chi connectivity index (χ1v) is 4.01. The molecular weight excluding hydrogens is 168 g/mol. The van der Waals surface area contributed by atoms with Crippen LogP contribution in [0.3, 0.4) is 0 Å². The molecular formula is C6H17ClN2S. The molecule has 0 aliphatic heterocycles. The van der Waals surface area contributed by atoms with Gasteiger partial charge in [-0.15, -0.1) is 12.4 Å². The molecule has 0 aliphatic carbocycles. The fraction of sp³-hybridized carbons (Fsp3) is 1.00. The predicted octanol–water partition coefficient (Wildman–Crippen LogP) is 0.794. The summed E-state index contributed by atoms with van der Waals surface area (Å²) in [4.78, 5) is 0. The molecule has 0 bridgehead atoms. The van der Waals surface area contributed by atoms with Gasteiger partial charge in [-0.25, -0.2) is 0 Å². The zero-order chi connectivity index (χ0) is 7.11. The van der Waals surface area contributed by atoms with E-state index in [1.165, 1.54) is 0 Å². The van der Waals surface area contributed by atoms with Crippen LogP contribution in [0.1, 0.15) is 19.3 Å². The molecule has 0 fully saturated rings. The van der Waals surface area contributed by atoms with Crippen molar-refractivity contribution >= 4 is 25.0 Å². The monoisotopic (exact) mass is 184 g/mol. The van der Waals surface area contributed by atoms with Gasteiger partial charge in [0.1, 0.15) is 0 Å². The highest BCUT2D eigenvalue weighted by Crippen LogP contribution is 1.98. The highest BCUT2D eigenvalue weighted by Gasteiger charge is 1.96. The summed E-state index contributed by atoms with van der Waals surface area (Å²) in [7, 11) is 0. The van der Waals surface area contributed by atoms with E-state index in [-0.39, 0.29) is 18.4 Å². The van der Waals surface area contributed by atoms with Gasteiger partial charge in [-0.1, -0.05) is 6.42 Å². The lowest BCUT2D eigenvalue weighted by molar-refractivity contribution is 0.609. The van der Waals surface area contributed by atoms with E-state index < -0.39 is 0 Å². The molecule has 0 saturated carbocycles. The number of thiol groups is 1. The SMILES string of the molecule is Cl.NCCCC[C@H](N)CS. The minimum atomic E-state index is 0. The van der Waals surface area contributed by atoms with Crippen LogP contribution in [0.5, 0.6) is 0 Å². The number of hydrogen-bond donors (Lipinski definition) is 3. The van der Waals surface area contributed by atoms with E-state index in [1.807, 2.05) is 0 Å². The Hall–Kier alpha value is 0.560. The van der Waals surface area contributed by atoms with Crippen molar-refractivity contribution in [2.45, 2.75) is 25.3 Å². The summed E-state index contributed by atoms with van der Waals surface area (Å²) >= 11 is 4.06. The maximum absolute atomic E-state index is 5.60. The van der Waals surface area contributed by atoms with Crippen LogP contribution in [0.25, 0.3) is 0 Å². The third kappa shape index (κ3) is 8.56. The van der Waals surface area contributed by atoms with Crippen LogP contribution < -0.4 is 11.5 Å². The number of unbranched alkanes of at least 4 members (excludes halogenated alkanes) is 1. The molecule has 0 radical (unpaired) electrons. The van der Waals surface area contributed by atoms with Crippen LogP contribution in [-0.4, -0.2) is 18.3 Å². The normalized spacial score (nSPS) is 12.3. The molecule has 2 nitrogen and oxygen atoms in total. The van der Waals surface area contributed by atoms with Crippen LogP contribution in [0.2, 0.25) is 0 Å². The lowest BCUT2D eigenvalue weighted by Gasteiger charge is -2.05. The fourth-order valence-electron chi connectivity index (χ4n) is 0.642. The lowest BCUT2D eigenvalue weighted by atomic mass is 10.1. The lowest BCUT2D eigenvalue weighted by Crippen LogP contribution is -2.21. The molecule has 64 valence electrons. The van der Waals surface area contributed by atoms with Crippen LogP contribution in [0, 0.1) is 0 Å². The van der Waals surface area contributed by atoms with Gasteiger partial charge in [-0.3, -0.25) is 0 Å². The molecule has 0 saturated heterocycles. The van der Waals surface area contributed by atoms with Gasteiger partial charge in [0, 0.05) is 11.8 Å². The topological polar surface area (TPSA) is 52.0 Å². The van der Waals surface area contributed by atoms with E-state index in [0.717, 1.165) is 31.6 Å². The van der Waals surface area contributed by atoms with E-state index >= 15 is 0 Å². The summed E-state index contributed by atoms with van der Waals surface area (Å²) in [6.45, 7) is 0.777. The average Bonchev–Trinajstić information content (AvgIpc) is 1.89. The third-order valence-corrected chi connectivity index (χ3v) is 1.73. The Morgan fingerprint density at radius 2 is 1.90 bits per heavy atom. The van der Waals surface area contributed by atoms with Crippen molar-refractivity contribution in [2.24, 2.45) is 11.5 Å². The Kier molecular flexibility index (Phi) is 12.6. The summed E-state index contributed by atoms with van der Waals surface area (Å²) in [5.41, 5.74) is 10.9. The number of hydrogen-bond acceptors (Lipinski definition) is 3. The first-order valence-electron chi connectivity index (χ1n) is 3.37. The van der Waals surface area contributed by atoms with Gasteiger partial charge in [-0.2, -0.15) is 12.6 Å². The van der Waals surface area contributed by atoms with Crippen molar-refractivity contribution in [3.05, 3.63) is 0 Å². The van der Waals surface area contributed by atoms with E-state index in [2.05, 4.69) is 12.6 Å². The molecule has 0 amide bonds. The second-order valence-electron chi connectivity index (χ2n) is 2.23. The molecule has 0 spiro atoms. The molecule has 0 aromatic heterocycles. The zero-order valence-corrected chi connectivity index (χ0v) is 7.83. The molecule has 0 rings (SSSR count). The second-order valence-corrected chi connectivity index (χ2v) is 2.59. The van der Waals surface area contributed by atoms with Gasteiger partial charge >= 0.3 is 0 Å². The van der Waals surface area contributed by atoms with E-state index in [4.69, 9.17) is 11.5 Å². The van der Waals surface area contributed by atoms with Crippen LogP contribution >= 0.6 is 25.0 Å². The molecule has 4 heteroatoms. The summed E-state index contributed by atoms with van der Waals surface area (Å²) in [6.07, 6.45) is 3.28. The number of halogens is 1. The summed E-state index contributed by atoms with van der Waals surface area (Å²) in [6, 6.07) is 0.264. The van der Waals surface area contributed by atoms with Gasteiger partial charge < -0.3 is 11.5 Å². The van der Waals surface area contributed by atoms with Crippen molar-refractivity contribution in [2.75, 3.05) is 12.3 Å². The molecule has 0 aromatic rings. The van der Waals surface area contributed by atoms with Gasteiger partial charge in [-0.05, 0) is 19.4 Å². The highest BCUT2D eigenvalue weighted by molar-refractivity contribution is 7.80. The maximum Gasteiger partial charge on any atom is 0.0127 e.